The number of nitrogens with two attached hydrogens (primary N) is 1. The van der Waals surface area contributed by atoms with Gasteiger partial charge in [-0.1, -0.05) is 20.8 Å². The lowest BCUT2D eigenvalue weighted by molar-refractivity contribution is 0.405. The van der Waals surface area contributed by atoms with Gasteiger partial charge in [0.1, 0.15) is 11.5 Å². The van der Waals surface area contributed by atoms with Crippen LogP contribution in [0.2, 0.25) is 0 Å². The molecule has 0 aliphatic rings. The molecule has 106 valence electrons. The van der Waals surface area contributed by atoms with E-state index in [9.17, 15) is 0 Å². The highest BCUT2D eigenvalue weighted by molar-refractivity contribution is 5.51. The average Bonchev–Trinajstić information content (AvgIpc) is 2.40. The molecular weight excluding hydrogens is 252 g/mol. The summed E-state index contributed by atoms with van der Waals surface area (Å²) in [5, 5.41) is 0. The Bertz CT molecular complexity index is 604. The first kappa shape index (κ1) is 14.2. The van der Waals surface area contributed by atoms with Gasteiger partial charge in [0.2, 0.25) is 5.88 Å². The van der Waals surface area contributed by atoms with Crippen molar-refractivity contribution in [3.63, 3.8) is 0 Å². The zero-order valence-corrected chi connectivity index (χ0v) is 12.3. The Hall–Kier alpha value is -2.23. The van der Waals surface area contributed by atoms with Gasteiger partial charge in [0.15, 0.2) is 0 Å². The lowest BCUT2D eigenvalue weighted by Crippen LogP contribution is -2.13. The van der Waals surface area contributed by atoms with Gasteiger partial charge in [0, 0.05) is 11.8 Å². The summed E-state index contributed by atoms with van der Waals surface area (Å²) >= 11 is 0. The molecule has 0 atom stereocenters. The van der Waals surface area contributed by atoms with Crippen molar-refractivity contribution in [1.29, 1.82) is 0 Å². The fourth-order valence-electron chi connectivity index (χ4n) is 1.90. The van der Waals surface area contributed by atoms with Gasteiger partial charge in [-0.15, -0.1) is 0 Å². The predicted octanol–water partition coefficient (Wildman–Crippen LogP) is 3.76. The molecule has 20 heavy (non-hydrogen) atoms. The van der Waals surface area contributed by atoms with E-state index in [0.717, 1.165) is 17.1 Å². The van der Waals surface area contributed by atoms with Crippen LogP contribution < -0.4 is 15.2 Å². The van der Waals surface area contributed by atoms with Crippen molar-refractivity contribution in [3.05, 3.63) is 42.1 Å². The summed E-state index contributed by atoms with van der Waals surface area (Å²) in [6.45, 7) is 6.36. The number of pyridine rings is 1. The van der Waals surface area contributed by atoms with Crippen LogP contribution in [-0.2, 0) is 5.41 Å². The van der Waals surface area contributed by atoms with Crippen LogP contribution in [0.5, 0.6) is 17.4 Å². The minimum Gasteiger partial charge on any atom is -0.497 e. The molecule has 0 aliphatic carbocycles. The third kappa shape index (κ3) is 3.02. The quantitative estimate of drug-likeness (QED) is 0.924. The van der Waals surface area contributed by atoms with Gasteiger partial charge in [-0.05, 0) is 35.7 Å². The molecule has 0 saturated heterocycles. The van der Waals surface area contributed by atoms with E-state index in [2.05, 4.69) is 25.8 Å². The standard InChI is InChI=1S/C16H20N2O2/c1-16(2,3)12-10-11(19-4)7-8-14(12)20-15-13(17)6-5-9-18-15/h5-10H,17H2,1-4H3. The molecular formula is C16H20N2O2. The Morgan fingerprint density at radius 2 is 1.90 bits per heavy atom. The summed E-state index contributed by atoms with van der Waals surface area (Å²) < 4.78 is 11.2. The summed E-state index contributed by atoms with van der Waals surface area (Å²) in [5.74, 6) is 1.96. The molecule has 0 saturated carbocycles. The molecule has 0 unspecified atom stereocenters. The average molecular weight is 272 g/mol. The highest BCUT2D eigenvalue weighted by Gasteiger charge is 2.21. The predicted molar refractivity (Wildman–Crippen MR) is 80.4 cm³/mol. The van der Waals surface area contributed by atoms with Gasteiger partial charge < -0.3 is 15.2 Å². The van der Waals surface area contributed by atoms with Gasteiger partial charge in [0.05, 0.1) is 12.8 Å². The smallest absolute Gasteiger partial charge is 0.242 e. The van der Waals surface area contributed by atoms with Crippen molar-refractivity contribution in [2.45, 2.75) is 26.2 Å². The molecule has 1 aromatic carbocycles. The second-order valence-electron chi connectivity index (χ2n) is 5.61. The number of benzene rings is 1. The maximum absolute atomic E-state index is 5.87. The van der Waals surface area contributed by atoms with Crippen LogP contribution in [0.1, 0.15) is 26.3 Å². The molecule has 0 fully saturated rings. The Labute approximate surface area is 119 Å². The number of methoxy groups -OCH3 is 1. The van der Waals surface area contributed by atoms with Crippen LogP contribution in [0, 0.1) is 0 Å². The second-order valence-corrected chi connectivity index (χ2v) is 5.61. The van der Waals surface area contributed by atoms with Crippen LogP contribution in [0.25, 0.3) is 0 Å². The number of rotatable bonds is 3. The molecule has 4 nitrogen and oxygen atoms in total. The van der Waals surface area contributed by atoms with Crippen LogP contribution in [0.3, 0.4) is 0 Å². The number of nitrogens with zero attached hydrogens (tertiary/aromatic N) is 1. The highest BCUT2D eigenvalue weighted by atomic mass is 16.5. The summed E-state index contributed by atoms with van der Waals surface area (Å²) in [4.78, 5) is 4.16. The van der Waals surface area contributed by atoms with Crippen LogP contribution in [-0.4, -0.2) is 12.1 Å². The molecule has 2 rings (SSSR count). The van der Waals surface area contributed by atoms with E-state index in [1.807, 2.05) is 18.2 Å². The van der Waals surface area contributed by atoms with Gasteiger partial charge in [-0.2, -0.15) is 0 Å². The molecule has 0 radical (unpaired) electrons. The maximum atomic E-state index is 5.87. The van der Waals surface area contributed by atoms with Crippen molar-refractivity contribution in [1.82, 2.24) is 4.98 Å². The van der Waals surface area contributed by atoms with Crippen LogP contribution in [0.15, 0.2) is 36.5 Å². The van der Waals surface area contributed by atoms with E-state index >= 15 is 0 Å². The number of nitrogen functional groups attached to an aromatic ring is 1. The Morgan fingerprint density at radius 1 is 1.15 bits per heavy atom. The SMILES string of the molecule is COc1ccc(Oc2ncccc2N)c(C(C)(C)C)c1. The topological polar surface area (TPSA) is 57.4 Å². The van der Waals surface area contributed by atoms with Crippen molar-refractivity contribution < 1.29 is 9.47 Å². The van der Waals surface area contributed by atoms with Crippen molar-refractivity contribution in [2.24, 2.45) is 0 Å². The van der Waals surface area contributed by atoms with E-state index in [0.29, 0.717) is 11.6 Å². The Morgan fingerprint density at radius 3 is 2.50 bits per heavy atom. The van der Waals surface area contributed by atoms with Crippen molar-refractivity contribution >= 4 is 5.69 Å². The molecule has 4 heteroatoms. The molecule has 0 amide bonds. The third-order valence-corrected chi connectivity index (χ3v) is 3.00. The fraction of sp³-hybridized carbons (Fsp3) is 0.312. The van der Waals surface area contributed by atoms with Crippen molar-refractivity contribution in [2.75, 3.05) is 12.8 Å². The first-order valence-corrected chi connectivity index (χ1v) is 6.48. The van der Waals surface area contributed by atoms with E-state index < -0.39 is 0 Å². The number of hydrogen-bond donors (Lipinski definition) is 1. The van der Waals surface area contributed by atoms with Gasteiger partial charge >= 0.3 is 0 Å². The van der Waals surface area contributed by atoms with Crippen LogP contribution in [0.4, 0.5) is 5.69 Å². The van der Waals surface area contributed by atoms with Gasteiger partial charge in [-0.25, -0.2) is 4.98 Å². The monoisotopic (exact) mass is 272 g/mol. The zero-order chi connectivity index (χ0) is 14.8. The third-order valence-electron chi connectivity index (χ3n) is 3.00. The Kier molecular flexibility index (Phi) is 3.84. The highest BCUT2D eigenvalue weighted by Crippen LogP contribution is 2.37. The lowest BCUT2D eigenvalue weighted by atomic mass is 9.86. The number of ether oxygens (including phenoxy) is 2. The first-order chi connectivity index (χ1) is 9.41. The number of anilines is 1. The number of hydrogen-bond acceptors (Lipinski definition) is 4. The van der Waals surface area contributed by atoms with E-state index in [1.165, 1.54) is 0 Å². The van der Waals surface area contributed by atoms with Crippen LogP contribution >= 0.6 is 0 Å². The largest absolute Gasteiger partial charge is 0.497 e. The number of aromatic nitrogens is 1. The first-order valence-electron chi connectivity index (χ1n) is 6.48. The molecule has 1 heterocycles. The molecule has 0 bridgehead atoms. The maximum Gasteiger partial charge on any atom is 0.242 e. The fourth-order valence-corrected chi connectivity index (χ4v) is 1.90. The molecule has 2 aromatic rings. The van der Waals surface area contributed by atoms with Gasteiger partial charge in [-0.3, -0.25) is 0 Å². The van der Waals surface area contributed by atoms with Gasteiger partial charge in [0.25, 0.3) is 0 Å². The normalized spacial score (nSPS) is 11.2. The molecule has 1 aromatic heterocycles. The van der Waals surface area contributed by atoms with E-state index in [4.69, 9.17) is 15.2 Å². The minimum absolute atomic E-state index is 0.0760. The molecule has 0 aliphatic heterocycles. The minimum atomic E-state index is -0.0760. The summed E-state index contributed by atoms with van der Waals surface area (Å²) in [6.07, 6.45) is 1.66. The molecule has 0 spiro atoms. The summed E-state index contributed by atoms with van der Waals surface area (Å²) in [7, 11) is 1.65. The van der Waals surface area contributed by atoms with E-state index in [1.54, 1.807) is 25.4 Å². The summed E-state index contributed by atoms with van der Waals surface area (Å²) in [6, 6.07) is 9.27. The second kappa shape index (κ2) is 5.41. The van der Waals surface area contributed by atoms with Crippen molar-refractivity contribution in [3.8, 4) is 17.4 Å². The molecule has 2 N–H and O–H groups in total. The van der Waals surface area contributed by atoms with E-state index in [-0.39, 0.29) is 5.41 Å². The Balaban J connectivity index is 2.44. The lowest BCUT2D eigenvalue weighted by Gasteiger charge is -2.23. The summed E-state index contributed by atoms with van der Waals surface area (Å²) in [5.41, 5.74) is 7.36. The zero-order valence-electron chi connectivity index (χ0n) is 12.3.